The molecule has 134 valence electrons. The lowest BCUT2D eigenvalue weighted by Gasteiger charge is -2.18. The second kappa shape index (κ2) is 7.09. The van der Waals surface area contributed by atoms with Crippen molar-refractivity contribution in [1.29, 1.82) is 0 Å². The van der Waals surface area contributed by atoms with E-state index < -0.39 is 0 Å². The van der Waals surface area contributed by atoms with Crippen LogP contribution in [0.5, 0.6) is 5.75 Å². The topological polar surface area (TPSA) is 79.9 Å². The highest BCUT2D eigenvalue weighted by Crippen LogP contribution is 2.37. The van der Waals surface area contributed by atoms with E-state index in [-0.39, 0.29) is 11.4 Å². The first kappa shape index (κ1) is 17.1. The molecule has 0 unspecified atom stereocenters. The Labute approximate surface area is 155 Å². The van der Waals surface area contributed by atoms with Crippen molar-refractivity contribution in [2.75, 3.05) is 0 Å². The fraction of sp³-hybridized carbons (Fsp3) is 0.300. The van der Waals surface area contributed by atoms with Crippen LogP contribution >= 0.6 is 11.6 Å². The average Bonchev–Trinajstić information content (AvgIpc) is 2.67. The number of aryl methyl sites for hydroxylation is 1. The van der Waals surface area contributed by atoms with Crippen molar-refractivity contribution in [2.45, 2.75) is 38.8 Å². The summed E-state index contributed by atoms with van der Waals surface area (Å²) in [7, 11) is 0. The van der Waals surface area contributed by atoms with Crippen molar-refractivity contribution in [3.8, 4) is 5.75 Å². The molecule has 3 aromatic rings. The van der Waals surface area contributed by atoms with Gasteiger partial charge in [-0.2, -0.15) is 0 Å². The third-order valence-corrected chi connectivity index (χ3v) is 5.30. The van der Waals surface area contributed by atoms with Crippen LogP contribution in [-0.4, -0.2) is 10.1 Å². The number of hydrogen-bond acceptors (Lipinski definition) is 4. The van der Waals surface area contributed by atoms with Crippen LogP contribution in [0.1, 0.15) is 35.1 Å². The second-order valence-corrected chi connectivity index (χ2v) is 7.08. The number of phenols is 1. The number of rotatable bonds is 4. The molecule has 4 rings (SSSR count). The van der Waals surface area contributed by atoms with Crippen LogP contribution in [0.15, 0.2) is 39.8 Å². The number of halogens is 1. The van der Waals surface area contributed by atoms with E-state index in [9.17, 15) is 9.90 Å². The zero-order valence-electron chi connectivity index (χ0n) is 14.3. The van der Waals surface area contributed by atoms with Gasteiger partial charge in [0.25, 0.3) is 0 Å². The van der Waals surface area contributed by atoms with Crippen molar-refractivity contribution >= 4 is 22.6 Å². The SMILES string of the molecule is O=c1oc2c(C[NH2+]Cc3ccncc3)c(O)c(Cl)cc2c2c1CCCC2. The number of hydrogen-bond donors (Lipinski definition) is 2. The molecule has 0 fully saturated rings. The molecular formula is C20H20ClN2O3+. The molecule has 2 aromatic heterocycles. The molecule has 0 amide bonds. The molecule has 0 bridgehead atoms. The van der Waals surface area contributed by atoms with Crippen molar-refractivity contribution in [3.63, 3.8) is 0 Å². The summed E-state index contributed by atoms with van der Waals surface area (Å²) in [6.07, 6.45) is 7.14. The zero-order valence-corrected chi connectivity index (χ0v) is 15.1. The number of quaternary nitrogens is 1. The third kappa shape index (κ3) is 3.08. The lowest BCUT2D eigenvalue weighted by molar-refractivity contribution is -0.686. The van der Waals surface area contributed by atoms with Gasteiger partial charge >= 0.3 is 5.63 Å². The van der Waals surface area contributed by atoms with Crippen molar-refractivity contribution < 1.29 is 14.8 Å². The van der Waals surface area contributed by atoms with E-state index in [1.807, 2.05) is 17.4 Å². The fourth-order valence-corrected chi connectivity index (χ4v) is 3.91. The van der Waals surface area contributed by atoms with E-state index in [0.717, 1.165) is 54.3 Å². The Bertz CT molecular complexity index is 1020. The first-order valence-electron chi connectivity index (χ1n) is 8.84. The number of benzene rings is 1. The summed E-state index contributed by atoms with van der Waals surface area (Å²) in [5.74, 6) is -0.0101. The number of nitrogens with zero attached hydrogens (tertiary/aromatic N) is 1. The maximum absolute atomic E-state index is 12.4. The molecule has 1 aliphatic carbocycles. The number of aromatic nitrogens is 1. The van der Waals surface area contributed by atoms with Crippen LogP contribution in [0.2, 0.25) is 5.02 Å². The quantitative estimate of drug-likeness (QED) is 0.691. The summed E-state index contributed by atoms with van der Waals surface area (Å²) in [5, 5.41) is 13.7. The summed E-state index contributed by atoms with van der Waals surface area (Å²) in [5.41, 5.74) is 3.67. The van der Waals surface area contributed by atoms with Gasteiger partial charge in [0, 0.05) is 28.9 Å². The third-order valence-electron chi connectivity index (χ3n) is 5.01. The Morgan fingerprint density at radius 1 is 1.15 bits per heavy atom. The highest BCUT2D eigenvalue weighted by atomic mass is 35.5. The number of aromatic hydroxyl groups is 1. The molecule has 0 atom stereocenters. The summed E-state index contributed by atoms with van der Waals surface area (Å²) in [6, 6.07) is 5.62. The number of pyridine rings is 1. The molecule has 0 spiro atoms. The summed E-state index contributed by atoms with van der Waals surface area (Å²) in [4.78, 5) is 16.4. The van der Waals surface area contributed by atoms with Gasteiger partial charge in [0.1, 0.15) is 18.8 Å². The van der Waals surface area contributed by atoms with Gasteiger partial charge in [0.05, 0.1) is 10.6 Å². The van der Waals surface area contributed by atoms with Gasteiger partial charge in [-0.05, 0) is 49.4 Å². The Morgan fingerprint density at radius 2 is 1.88 bits per heavy atom. The van der Waals surface area contributed by atoms with E-state index in [1.165, 1.54) is 0 Å². The van der Waals surface area contributed by atoms with Crippen molar-refractivity contribution in [2.24, 2.45) is 0 Å². The largest absolute Gasteiger partial charge is 0.506 e. The maximum atomic E-state index is 12.4. The number of fused-ring (bicyclic) bond motifs is 3. The average molecular weight is 372 g/mol. The maximum Gasteiger partial charge on any atom is 0.339 e. The molecular weight excluding hydrogens is 352 g/mol. The zero-order chi connectivity index (χ0) is 18.1. The van der Waals surface area contributed by atoms with Crippen molar-refractivity contribution in [3.05, 3.63) is 68.3 Å². The molecule has 3 N–H and O–H groups in total. The normalized spacial score (nSPS) is 13.7. The lowest BCUT2D eigenvalue weighted by Crippen LogP contribution is -2.80. The van der Waals surface area contributed by atoms with Crippen LogP contribution in [0.4, 0.5) is 0 Å². The van der Waals surface area contributed by atoms with E-state index in [2.05, 4.69) is 4.98 Å². The fourth-order valence-electron chi connectivity index (χ4n) is 3.69. The first-order chi connectivity index (χ1) is 12.6. The van der Waals surface area contributed by atoms with Gasteiger partial charge in [-0.25, -0.2) is 4.79 Å². The van der Waals surface area contributed by atoms with Crippen molar-refractivity contribution in [1.82, 2.24) is 4.98 Å². The second-order valence-electron chi connectivity index (χ2n) is 6.67. The van der Waals surface area contributed by atoms with Gasteiger partial charge in [0.2, 0.25) is 0 Å². The highest BCUT2D eigenvalue weighted by molar-refractivity contribution is 6.33. The molecule has 0 aliphatic heterocycles. The van der Waals surface area contributed by atoms with Gasteiger partial charge in [0.15, 0.2) is 5.58 Å². The molecule has 1 aromatic carbocycles. The van der Waals surface area contributed by atoms with E-state index in [4.69, 9.17) is 16.0 Å². The minimum atomic E-state index is -0.288. The van der Waals surface area contributed by atoms with Gasteiger partial charge in [-0.1, -0.05) is 11.6 Å². The van der Waals surface area contributed by atoms with Gasteiger partial charge in [-0.15, -0.1) is 0 Å². The first-order valence-corrected chi connectivity index (χ1v) is 9.22. The summed E-state index contributed by atoms with van der Waals surface area (Å²) < 4.78 is 5.63. The minimum absolute atomic E-state index is 0.0101. The van der Waals surface area contributed by atoms with E-state index in [1.54, 1.807) is 18.5 Å². The lowest BCUT2D eigenvalue weighted by atomic mass is 9.90. The standard InChI is InChI=1S/C20H19ClN2O3/c21-17-9-15-13-3-1-2-4-14(13)20(25)26-19(15)16(18(17)24)11-23-10-12-5-7-22-8-6-12/h5-9,23-24H,1-4,10-11H2/p+1. The van der Waals surface area contributed by atoms with Crippen LogP contribution in [0.3, 0.4) is 0 Å². The van der Waals surface area contributed by atoms with Crippen LogP contribution in [0.25, 0.3) is 11.0 Å². The van der Waals surface area contributed by atoms with Gasteiger partial charge in [-0.3, -0.25) is 4.98 Å². The molecule has 6 heteroatoms. The molecule has 2 heterocycles. The van der Waals surface area contributed by atoms with E-state index >= 15 is 0 Å². The Kier molecular flexibility index (Phi) is 4.66. The van der Waals surface area contributed by atoms with Gasteiger partial charge < -0.3 is 14.8 Å². The number of phenolic OH excluding ortho intramolecular Hbond substituents is 1. The highest BCUT2D eigenvalue weighted by Gasteiger charge is 2.23. The molecule has 5 nitrogen and oxygen atoms in total. The van der Waals surface area contributed by atoms with E-state index in [0.29, 0.717) is 22.7 Å². The van der Waals surface area contributed by atoms with Crippen LogP contribution in [-0.2, 0) is 25.9 Å². The minimum Gasteiger partial charge on any atom is -0.506 e. The smallest absolute Gasteiger partial charge is 0.339 e. The van der Waals surface area contributed by atoms with Crippen LogP contribution in [0, 0.1) is 0 Å². The monoisotopic (exact) mass is 371 g/mol. The predicted octanol–water partition coefficient (Wildman–Crippen LogP) is 2.69. The molecule has 0 radical (unpaired) electrons. The predicted molar refractivity (Wildman–Crippen MR) is 99.4 cm³/mol. The van der Waals surface area contributed by atoms with Crippen LogP contribution < -0.4 is 10.9 Å². The number of nitrogens with two attached hydrogens (primary N) is 1. The molecule has 0 saturated carbocycles. The Morgan fingerprint density at radius 3 is 2.65 bits per heavy atom. The summed E-state index contributed by atoms with van der Waals surface area (Å²) in [6.45, 7) is 1.19. The molecule has 26 heavy (non-hydrogen) atoms. The molecule has 1 aliphatic rings. The molecule has 0 saturated heterocycles. The summed E-state index contributed by atoms with van der Waals surface area (Å²) >= 11 is 6.28. The Hall–Kier alpha value is -2.37. The Balaban J connectivity index is 1.74.